The Morgan fingerprint density at radius 1 is 0.871 bits per heavy atom. The van der Waals surface area contributed by atoms with Gasteiger partial charge in [-0.2, -0.15) is 13.5 Å². The highest BCUT2D eigenvalue weighted by Gasteiger charge is 2.29. The molecule has 0 unspecified atom stereocenters. The molecule has 0 saturated heterocycles. The Morgan fingerprint density at radius 3 is 2.19 bits per heavy atom. The number of hydrogen-bond donors (Lipinski definition) is 2. The Labute approximate surface area is 184 Å². The van der Waals surface area contributed by atoms with E-state index in [4.69, 9.17) is 0 Å². The first-order valence-corrected chi connectivity index (χ1v) is 11.8. The summed E-state index contributed by atoms with van der Waals surface area (Å²) in [5.41, 5.74) is 2.23. The van der Waals surface area contributed by atoms with E-state index in [2.05, 4.69) is 18.8 Å². The monoisotopic (exact) mass is 452 g/mol. The van der Waals surface area contributed by atoms with Gasteiger partial charge in [0.25, 0.3) is 0 Å². The largest absolute Gasteiger partial charge is 0.348 e. The number of aromatic nitrogens is 2. The molecule has 2 N–H and O–H groups in total. The van der Waals surface area contributed by atoms with E-state index >= 15 is 0 Å². The van der Waals surface area contributed by atoms with Crippen molar-refractivity contribution in [2.45, 2.75) is 23.9 Å². The molecule has 9 heteroatoms. The first-order valence-electron chi connectivity index (χ1n) is 9.59. The zero-order valence-electron chi connectivity index (χ0n) is 16.6. The molecule has 2 atom stereocenters. The lowest BCUT2D eigenvalue weighted by Crippen LogP contribution is -2.41. The summed E-state index contributed by atoms with van der Waals surface area (Å²) >= 11 is 0.939. The van der Waals surface area contributed by atoms with Crippen LogP contribution in [0.3, 0.4) is 0 Å². The van der Waals surface area contributed by atoms with Crippen LogP contribution in [0.4, 0.5) is 0 Å². The van der Waals surface area contributed by atoms with Crippen LogP contribution in [0.1, 0.15) is 30.1 Å². The number of sulfonamides is 1. The van der Waals surface area contributed by atoms with Gasteiger partial charge < -0.3 is 5.32 Å². The number of carbonyl (C=O) groups excluding carboxylic acids is 1. The number of rotatable bonds is 7. The molecule has 31 heavy (non-hydrogen) atoms. The minimum absolute atomic E-state index is 0.0106. The Morgan fingerprint density at radius 2 is 1.52 bits per heavy atom. The zero-order chi connectivity index (χ0) is 21.8. The fraction of sp³-hybridized carbons (Fsp3) is 0.136. The second-order valence-electron chi connectivity index (χ2n) is 6.99. The molecule has 0 saturated carbocycles. The number of benzene rings is 3. The summed E-state index contributed by atoms with van der Waals surface area (Å²) in [5, 5.41) is 2.91. The first kappa shape index (κ1) is 21.1. The minimum Gasteiger partial charge on any atom is -0.348 e. The van der Waals surface area contributed by atoms with Crippen molar-refractivity contribution in [3.8, 4) is 0 Å². The van der Waals surface area contributed by atoms with Crippen molar-refractivity contribution in [2.24, 2.45) is 0 Å². The van der Waals surface area contributed by atoms with Crippen LogP contribution in [0.2, 0.25) is 0 Å². The summed E-state index contributed by atoms with van der Waals surface area (Å²) in [6.07, 6.45) is 0. The van der Waals surface area contributed by atoms with Crippen molar-refractivity contribution < 1.29 is 13.2 Å². The molecular formula is C22H20N4O3S2. The quantitative estimate of drug-likeness (QED) is 0.446. The number of carbonyl (C=O) groups is 1. The van der Waals surface area contributed by atoms with Gasteiger partial charge in [-0.15, -0.1) is 0 Å². The standard InChI is InChI=1S/C22H20N4O3S2/c1-15(16-9-4-2-5-10-16)23-22(27)20(17-11-6-3-7-12-17)26-31(28,29)19-14-8-13-18-21(19)25-30-24-18/h2-15,20,26H,1H3,(H,23,27)/t15-,20+/m1/s1. The van der Waals surface area contributed by atoms with E-state index in [9.17, 15) is 13.2 Å². The van der Waals surface area contributed by atoms with Crippen molar-refractivity contribution in [3.63, 3.8) is 0 Å². The number of fused-ring (bicyclic) bond motifs is 1. The first-order chi connectivity index (χ1) is 15.0. The minimum atomic E-state index is -4.06. The van der Waals surface area contributed by atoms with Gasteiger partial charge in [0.15, 0.2) is 0 Å². The van der Waals surface area contributed by atoms with Crippen LogP contribution in [0.5, 0.6) is 0 Å². The second-order valence-corrected chi connectivity index (χ2v) is 9.20. The van der Waals surface area contributed by atoms with Crippen LogP contribution in [0.25, 0.3) is 11.0 Å². The molecule has 1 amide bonds. The van der Waals surface area contributed by atoms with E-state index in [0.717, 1.165) is 17.3 Å². The van der Waals surface area contributed by atoms with Crippen molar-refractivity contribution in [2.75, 3.05) is 0 Å². The lowest BCUT2D eigenvalue weighted by Gasteiger charge is -2.22. The van der Waals surface area contributed by atoms with Crippen LogP contribution < -0.4 is 10.0 Å². The Hall–Kier alpha value is -3.14. The van der Waals surface area contributed by atoms with Gasteiger partial charge in [0.05, 0.1) is 17.8 Å². The number of hydrogen-bond acceptors (Lipinski definition) is 6. The third kappa shape index (κ3) is 4.63. The van der Waals surface area contributed by atoms with Crippen molar-refractivity contribution in [3.05, 3.63) is 90.0 Å². The third-order valence-electron chi connectivity index (χ3n) is 4.86. The number of nitrogens with zero attached hydrogens (tertiary/aromatic N) is 2. The molecule has 0 bridgehead atoms. The highest BCUT2D eigenvalue weighted by Crippen LogP contribution is 2.24. The Bertz CT molecular complexity index is 1290. The smallest absolute Gasteiger partial charge is 0.243 e. The summed E-state index contributed by atoms with van der Waals surface area (Å²) in [7, 11) is -4.06. The van der Waals surface area contributed by atoms with Gasteiger partial charge >= 0.3 is 0 Å². The van der Waals surface area contributed by atoms with E-state index in [0.29, 0.717) is 11.1 Å². The lowest BCUT2D eigenvalue weighted by molar-refractivity contribution is -0.123. The summed E-state index contributed by atoms with van der Waals surface area (Å²) in [4.78, 5) is 13.2. The molecule has 0 aliphatic rings. The van der Waals surface area contributed by atoms with Crippen LogP contribution in [0, 0.1) is 0 Å². The van der Waals surface area contributed by atoms with Gasteiger partial charge in [0, 0.05) is 0 Å². The highest BCUT2D eigenvalue weighted by molar-refractivity contribution is 7.89. The maximum Gasteiger partial charge on any atom is 0.243 e. The number of amides is 1. The molecule has 1 heterocycles. The third-order valence-corrected chi connectivity index (χ3v) is 6.86. The van der Waals surface area contributed by atoms with Gasteiger partial charge in [-0.1, -0.05) is 66.7 Å². The molecule has 0 aliphatic heterocycles. The Kier molecular flexibility index (Phi) is 6.08. The van der Waals surface area contributed by atoms with Crippen LogP contribution in [0.15, 0.2) is 83.8 Å². The predicted molar refractivity (Wildman–Crippen MR) is 120 cm³/mol. The van der Waals surface area contributed by atoms with Crippen molar-refractivity contribution in [1.29, 1.82) is 0 Å². The summed E-state index contributed by atoms with van der Waals surface area (Å²) in [5.74, 6) is -0.449. The van der Waals surface area contributed by atoms with Crippen LogP contribution >= 0.6 is 11.7 Å². The molecule has 4 aromatic rings. The van der Waals surface area contributed by atoms with Crippen molar-refractivity contribution >= 4 is 38.7 Å². The van der Waals surface area contributed by atoms with E-state index in [1.807, 2.05) is 37.3 Å². The molecule has 0 radical (unpaired) electrons. The normalized spacial score (nSPS) is 13.6. The molecule has 1 aromatic heterocycles. The van der Waals surface area contributed by atoms with E-state index in [-0.39, 0.29) is 16.5 Å². The van der Waals surface area contributed by atoms with Gasteiger partial charge in [-0.3, -0.25) is 4.79 Å². The maximum absolute atomic E-state index is 13.2. The van der Waals surface area contributed by atoms with E-state index < -0.39 is 22.0 Å². The fourth-order valence-corrected chi connectivity index (χ4v) is 5.21. The average Bonchev–Trinajstić information content (AvgIpc) is 3.27. The van der Waals surface area contributed by atoms with Gasteiger partial charge in [-0.05, 0) is 30.2 Å². The molecule has 7 nitrogen and oxygen atoms in total. The average molecular weight is 453 g/mol. The van der Waals surface area contributed by atoms with E-state index in [1.165, 1.54) is 6.07 Å². The molecule has 3 aromatic carbocycles. The van der Waals surface area contributed by atoms with Crippen LogP contribution in [-0.4, -0.2) is 23.1 Å². The van der Waals surface area contributed by atoms with Crippen molar-refractivity contribution in [1.82, 2.24) is 18.8 Å². The highest BCUT2D eigenvalue weighted by atomic mass is 32.2. The zero-order valence-corrected chi connectivity index (χ0v) is 18.2. The molecule has 158 valence electrons. The van der Waals surface area contributed by atoms with Gasteiger partial charge in [-0.25, -0.2) is 8.42 Å². The molecular weight excluding hydrogens is 432 g/mol. The SMILES string of the molecule is C[C@@H](NC(=O)[C@@H](NS(=O)(=O)c1cccc2nsnc12)c1ccccc1)c1ccccc1. The second kappa shape index (κ2) is 8.93. The molecule has 0 spiro atoms. The lowest BCUT2D eigenvalue weighted by atomic mass is 10.1. The molecule has 0 aliphatic carbocycles. The summed E-state index contributed by atoms with van der Waals surface area (Å²) in [6.45, 7) is 1.85. The maximum atomic E-state index is 13.2. The summed E-state index contributed by atoms with van der Waals surface area (Å²) < 4.78 is 37.2. The topological polar surface area (TPSA) is 101 Å². The molecule has 0 fully saturated rings. The van der Waals surface area contributed by atoms with Crippen LogP contribution in [-0.2, 0) is 14.8 Å². The fourth-order valence-electron chi connectivity index (χ4n) is 3.26. The predicted octanol–water partition coefficient (Wildman–Crippen LogP) is 3.59. The Balaban J connectivity index is 1.66. The molecule has 4 rings (SSSR count). The van der Waals surface area contributed by atoms with E-state index in [1.54, 1.807) is 42.5 Å². The van der Waals surface area contributed by atoms with Gasteiger partial charge in [0.2, 0.25) is 15.9 Å². The summed E-state index contributed by atoms with van der Waals surface area (Å²) in [6, 6.07) is 21.6. The number of nitrogens with one attached hydrogen (secondary N) is 2. The van der Waals surface area contributed by atoms with Gasteiger partial charge in [0.1, 0.15) is 22.0 Å².